The number of carbonyl (C=O) groups is 5. The molecule has 0 aromatic heterocycles. The Hall–Kier alpha value is -11.1. The van der Waals surface area contributed by atoms with E-state index in [0.29, 0.717) is 34.1 Å². The molecule has 13 rings (SSSR count). The van der Waals surface area contributed by atoms with E-state index >= 15 is 24.0 Å². The van der Waals surface area contributed by atoms with Crippen LogP contribution in [-0.4, -0.2) is 150 Å². The molecule has 20 heteroatoms. The molecule has 20 nitrogen and oxygen atoms in total. The Labute approximate surface area is 613 Å². The van der Waals surface area contributed by atoms with Crippen LogP contribution in [0.1, 0.15) is 130 Å². The van der Waals surface area contributed by atoms with Crippen molar-refractivity contribution in [1.82, 2.24) is 19.6 Å². The van der Waals surface area contributed by atoms with E-state index in [9.17, 15) is 35.7 Å². The molecule has 2 heterocycles. The van der Waals surface area contributed by atoms with E-state index in [1.54, 1.807) is 36.4 Å². The molecule has 11 aromatic carbocycles. The zero-order chi connectivity index (χ0) is 74.4. The number of aromatic hydroxyl groups is 2. The first-order valence-corrected chi connectivity index (χ1v) is 36.4. The van der Waals surface area contributed by atoms with Gasteiger partial charge in [0.1, 0.15) is 69.6 Å². The fraction of sp³-hybridized carbons (Fsp3) is 0.291. The molecule has 0 radical (unpaired) electrons. The van der Waals surface area contributed by atoms with E-state index < -0.39 is 74.3 Å². The number of nitrogens with zero attached hydrogens (tertiary/aromatic N) is 4. The summed E-state index contributed by atoms with van der Waals surface area (Å²) in [5.41, 5.74) is 4.94. The van der Waals surface area contributed by atoms with Gasteiger partial charge in [-0.05, 0) is 156 Å². The van der Waals surface area contributed by atoms with Gasteiger partial charge in [0.15, 0.2) is 6.23 Å². The highest BCUT2D eigenvalue weighted by atomic mass is 16.5. The number of amides is 5. The van der Waals surface area contributed by atoms with Gasteiger partial charge in [-0.2, -0.15) is 0 Å². The number of aliphatic hydroxyl groups excluding tert-OH is 5. The molecule has 3 atom stereocenters. The van der Waals surface area contributed by atoms with Crippen molar-refractivity contribution in [3.63, 3.8) is 0 Å². The van der Waals surface area contributed by atoms with E-state index in [0.717, 1.165) is 83.4 Å². The van der Waals surface area contributed by atoms with Gasteiger partial charge in [-0.15, -0.1) is 0 Å². The maximum Gasteiger partial charge on any atom is 0.262 e. The van der Waals surface area contributed by atoms with Crippen molar-refractivity contribution >= 4 is 72.6 Å². The van der Waals surface area contributed by atoms with Gasteiger partial charge < -0.3 is 64.5 Å². The summed E-state index contributed by atoms with van der Waals surface area (Å²) in [7, 11) is 0. The molecule has 0 saturated heterocycles. The van der Waals surface area contributed by atoms with E-state index in [-0.39, 0.29) is 139 Å². The lowest BCUT2D eigenvalue weighted by molar-refractivity contribution is -0.141. The Bertz CT molecular complexity index is 4910. The Balaban J connectivity index is 1.20. The number of rotatable bonds is 32. The largest absolute Gasteiger partial charge is 0.508 e. The Morgan fingerprint density at radius 1 is 0.377 bits per heavy atom. The third-order valence-electron chi connectivity index (χ3n) is 19.9. The standard InChI is InChI=1S/C86H86N4O16/c1-5-9-51-17-29-59(30-18-51)103-69-47-63-73-64(82(98)89(81(63)97)67(45-55-13-25-57(95)26-14-55)85(101)87(37-41-91)38-42-92)49-71(105-61-33-21-53(11-7-3)22-34-61)77-78-72(106-62-35-23-54(12-8-4)24-36-62)50-66-74-65(48-70(76(80(74)78)75(69)79(73)77)104-60-31-19-52(10-6-2)20-32-60)83(99)90(84(66)100)68(46-56-15-27-58(96)28-16-56)86(102)88(39-43-93)40-44-94/h13-36,47-50,67-68,81,91-97H,5-12,37-46H2,1-4H3. The normalized spacial score (nSPS) is 14.0. The number of ether oxygens (including phenoxy) is 4. The average molecular weight is 1430 g/mol. The summed E-state index contributed by atoms with van der Waals surface area (Å²) in [4.78, 5) is 85.1. The number of fused-ring (bicyclic) bond motifs is 2. The maximum absolute atomic E-state index is 16.6. The van der Waals surface area contributed by atoms with Crippen LogP contribution in [0.3, 0.4) is 0 Å². The van der Waals surface area contributed by atoms with Crippen molar-refractivity contribution in [2.24, 2.45) is 0 Å². The number of benzene rings is 11. The van der Waals surface area contributed by atoms with Gasteiger partial charge in [0.2, 0.25) is 11.8 Å². The maximum atomic E-state index is 16.6. The first kappa shape index (κ1) is 73.2. The fourth-order valence-electron chi connectivity index (χ4n) is 15.0. The molecule has 5 amide bonds. The molecule has 2 aliphatic heterocycles. The summed E-state index contributed by atoms with van der Waals surface area (Å²) >= 11 is 0. The van der Waals surface area contributed by atoms with Gasteiger partial charge in [-0.25, -0.2) is 0 Å². The smallest absolute Gasteiger partial charge is 0.262 e. The summed E-state index contributed by atoms with van der Waals surface area (Å²) in [6.07, 6.45) is 4.01. The highest BCUT2D eigenvalue weighted by Gasteiger charge is 2.47. The molecule has 0 spiro atoms. The Kier molecular flexibility index (Phi) is 22.1. The predicted molar refractivity (Wildman–Crippen MR) is 404 cm³/mol. The second-order valence-electron chi connectivity index (χ2n) is 27.1. The second-order valence-corrected chi connectivity index (χ2v) is 27.1. The summed E-state index contributed by atoms with van der Waals surface area (Å²) in [6.45, 7) is 5.29. The summed E-state index contributed by atoms with van der Waals surface area (Å²) in [6, 6.07) is 45.2. The lowest BCUT2D eigenvalue weighted by atomic mass is 9.80. The van der Waals surface area contributed by atoms with Crippen LogP contribution in [0.15, 0.2) is 170 Å². The van der Waals surface area contributed by atoms with Crippen molar-refractivity contribution in [2.75, 3.05) is 52.6 Å². The molecule has 7 N–H and O–H groups in total. The number of hydrogen-bond acceptors (Lipinski definition) is 16. The first-order chi connectivity index (χ1) is 51.5. The number of aryl methyl sites for hydroxylation is 4. The van der Waals surface area contributed by atoms with Gasteiger partial charge in [0.25, 0.3) is 17.7 Å². The second kappa shape index (κ2) is 32.1. The molecule has 106 heavy (non-hydrogen) atoms. The minimum absolute atomic E-state index is 0.0328. The van der Waals surface area contributed by atoms with Crippen LogP contribution in [0.5, 0.6) is 57.5 Å². The van der Waals surface area contributed by atoms with Gasteiger partial charge in [-0.3, -0.25) is 33.8 Å². The number of phenols is 2. The summed E-state index contributed by atoms with van der Waals surface area (Å²) in [5.74, 6) is -2.75. The van der Waals surface area contributed by atoms with Crippen LogP contribution in [0.4, 0.5) is 0 Å². The lowest BCUT2D eigenvalue weighted by Gasteiger charge is -2.41. The quantitative estimate of drug-likeness (QED) is 0.0117. The summed E-state index contributed by atoms with van der Waals surface area (Å²) in [5, 5.41) is 78.0. The highest BCUT2D eigenvalue weighted by Crippen LogP contribution is 2.59. The first-order valence-electron chi connectivity index (χ1n) is 36.4. The predicted octanol–water partition coefficient (Wildman–Crippen LogP) is 14.0. The van der Waals surface area contributed by atoms with E-state index in [4.69, 9.17) is 18.9 Å². The summed E-state index contributed by atoms with van der Waals surface area (Å²) < 4.78 is 29.2. The monoisotopic (exact) mass is 1430 g/mol. The molecule has 3 unspecified atom stereocenters. The van der Waals surface area contributed by atoms with Gasteiger partial charge in [0, 0.05) is 87.7 Å². The lowest BCUT2D eigenvalue weighted by Crippen LogP contribution is -2.56. The number of imide groups is 1. The van der Waals surface area contributed by atoms with Gasteiger partial charge >= 0.3 is 0 Å². The van der Waals surface area contributed by atoms with E-state index in [1.807, 2.05) is 97.1 Å². The van der Waals surface area contributed by atoms with E-state index in [2.05, 4.69) is 27.7 Å². The molecule has 11 aromatic rings. The van der Waals surface area contributed by atoms with Crippen LogP contribution < -0.4 is 18.9 Å². The van der Waals surface area contributed by atoms with Crippen LogP contribution in [0.2, 0.25) is 0 Å². The van der Waals surface area contributed by atoms with Crippen LogP contribution in [-0.2, 0) is 48.1 Å². The Morgan fingerprint density at radius 2 is 0.670 bits per heavy atom. The topological polar surface area (TPSA) is 277 Å². The Morgan fingerprint density at radius 3 is 1.00 bits per heavy atom. The van der Waals surface area contributed by atoms with E-state index in [1.165, 1.54) is 46.2 Å². The number of carbonyl (C=O) groups excluding carboxylic acids is 5. The average Bonchev–Trinajstić information content (AvgIpc) is 0.671. The minimum atomic E-state index is -1.96. The molecular formula is C86H86N4O16. The molecule has 0 aliphatic carbocycles. The van der Waals surface area contributed by atoms with Crippen molar-refractivity contribution < 1.29 is 78.7 Å². The number of phenolic OH excluding ortho intramolecular Hbond substituents is 2. The minimum Gasteiger partial charge on any atom is -0.508 e. The SMILES string of the molecule is CCCc1ccc(Oc2cc3c4c(cc(Oc5ccc(CCC)cc5)c5c6c(Oc7ccc(CCC)cc7)cc7c8c(cc(Oc9ccc(CCC)cc9)c(c2c45)c86)C(=O)N(C(Cc2ccc(O)cc2)C(=O)N(CCO)CCO)C7O)C(=O)N(C(Cc2ccc(O)cc2)C(=O)N(CCO)CCO)C3=O)cc1. The molecule has 0 fully saturated rings. The molecule has 546 valence electrons. The third kappa shape index (κ3) is 14.5. The fourth-order valence-corrected chi connectivity index (χ4v) is 15.0. The third-order valence-corrected chi connectivity index (χ3v) is 19.9. The highest BCUT2D eigenvalue weighted by molar-refractivity contribution is 6.43. The van der Waals surface area contributed by atoms with Crippen molar-refractivity contribution in [2.45, 2.75) is 110 Å². The number of hydrogen-bond donors (Lipinski definition) is 7. The van der Waals surface area contributed by atoms with Crippen LogP contribution >= 0.6 is 0 Å². The van der Waals surface area contributed by atoms with Crippen LogP contribution in [0, 0.1) is 0 Å². The van der Waals surface area contributed by atoms with Crippen LogP contribution in [0.25, 0.3) is 43.1 Å². The molecule has 0 bridgehead atoms. The molecule has 2 aliphatic rings. The van der Waals surface area contributed by atoms with Gasteiger partial charge in [-0.1, -0.05) is 126 Å². The van der Waals surface area contributed by atoms with Gasteiger partial charge in [0.05, 0.1) is 43.1 Å². The molecule has 0 saturated carbocycles. The molecular weight excluding hydrogens is 1340 g/mol. The van der Waals surface area contributed by atoms with Crippen molar-refractivity contribution in [1.29, 1.82) is 0 Å². The number of aliphatic hydroxyl groups is 5. The zero-order valence-corrected chi connectivity index (χ0v) is 59.7. The zero-order valence-electron chi connectivity index (χ0n) is 59.7. The van der Waals surface area contributed by atoms with Crippen molar-refractivity contribution in [3.8, 4) is 57.5 Å². The van der Waals surface area contributed by atoms with Crippen molar-refractivity contribution in [3.05, 3.63) is 225 Å².